The number of likely N-dealkylation sites (tertiary alicyclic amines) is 1. The van der Waals surface area contributed by atoms with E-state index in [0.717, 1.165) is 24.2 Å². The molecule has 0 radical (unpaired) electrons. The SMILES string of the molecule is CCCN1CCC(c2ccc(Nc3nc(-c4cccc(=O)[nH]4)cc4cc[nH]c(=O)c34)cc2)CC1. The summed E-state index contributed by atoms with van der Waals surface area (Å²) >= 11 is 0. The fourth-order valence-corrected chi connectivity index (χ4v) is 4.82. The van der Waals surface area contributed by atoms with Crippen LogP contribution in [-0.4, -0.2) is 39.5 Å². The topological polar surface area (TPSA) is 93.9 Å². The van der Waals surface area contributed by atoms with Crippen molar-refractivity contribution in [3.8, 4) is 11.4 Å². The molecule has 5 rings (SSSR count). The van der Waals surface area contributed by atoms with E-state index in [-0.39, 0.29) is 11.1 Å². The summed E-state index contributed by atoms with van der Waals surface area (Å²) in [5, 5.41) is 4.57. The van der Waals surface area contributed by atoms with E-state index in [9.17, 15) is 9.59 Å². The molecule has 0 amide bonds. The number of H-pyrrole nitrogens is 2. The fourth-order valence-electron chi connectivity index (χ4n) is 4.82. The molecule has 34 heavy (non-hydrogen) atoms. The molecule has 7 heteroatoms. The summed E-state index contributed by atoms with van der Waals surface area (Å²) in [6.45, 7) is 5.74. The molecule has 0 atom stereocenters. The van der Waals surface area contributed by atoms with Crippen LogP contribution in [0.4, 0.5) is 11.5 Å². The van der Waals surface area contributed by atoms with Gasteiger partial charge in [0.15, 0.2) is 0 Å². The zero-order valence-corrected chi connectivity index (χ0v) is 19.3. The van der Waals surface area contributed by atoms with Gasteiger partial charge in [0.1, 0.15) is 5.82 Å². The summed E-state index contributed by atoms with van der Waals surface area (Å²) in [4.78, 5) is 37.2. The molecule has 7 nitrogen and oxygen atoms in total. The van der Waals surface area contributed by atoms with Crippen LogP contribution in [-0.2, 0) is 0 Å². The maximum atomic E-state index is 12.6. The van der Waals surface area contributed by atoms with Gasteiger partial charge < -0.3 is 20.2 Å². The molecule has 0 spiro atoms. The lowest BCUT2D eigenvalue weighted by Crippen LogP contribution is -2.33. The number of piperidine rings is 1. The Morgan fingerprint density at radius 3 is 2.59 bits per heavy atom. The van der Waals surface area contributed by atoms with Crippen LogP contribution in [0.3, 0.4) is 0 Å². The van der Waals surface area contributed by atoms with Crippen molar-refractivity contribution in [2.75, 3.05) is 25.0 Å². The molecule has 3 N–H and O–H groups in total. The molecule has 0 aliphatic carbocycles. The molecule has 1 aliphatic heterocycles. The van der Waals surface area contributed by atoms with Crippen molar-refractivity contribution < 1.29 is 0 Å². The number of hydrogen-bond acceptors (Lipinski definition) is 5. The van der Waals surface area contributed by atoms with E-state index >= 15 is 0 Å². The van der Waals surface area contributed by atoms with Crippen LogP contribution < -0.4 is 16.4 Å². The molecular formula is C27H29N5O2. The van der Waals surface area contributed by atoms with Crippen LogP contribution in [0.5, 0.6) is 0 Å². The van der Waals surface area contributed by atoms with Gasteiger partial charge in [0, 0.05) is 18.0 Å². The van der Waals surface area contributed by atoms with Gasteiger partial charge in [-0.3, -0.25) is 9.59 Å². The number of benzene rings is 1. The number of nitrogens with zero attached hydrogens (tertiary/aromatic N) is 2. The van der Waals surface area contributed by atoms with E-state index in [2.05, 4.69) is 51.4 Å². The van der Waals surface area contributed by atoms with Gasteiger partial charge >= 0.3 is 0 Å². The molecule has 1 aliphatic rings. The molecule has 4 heterocycles. The zero-order valence-electron chi connectivity index (χ0n) is 19.3. The van der Waals surface area contributed by atoms with Crippen LogP contribution in [0.25, 0.3) is 22.2 Å². The van der Waals surface area contributed by atoms with Crippen molar-refractivity contribution in [3.05, 3.63) is 87.1 Å². The van der Waals surface area contributed by atoms with Gasteiger partial charge in [0.25, 0.3) is 5.56 Å². The van der Waals surface area contributed by atoms with Gasteiger partial charge in [-0.1, -0.05) is 25.1 Å². The lowest BCUT2D eigenvalue weighted by atomic mass is 9.89. The third-order valence-electron chi connectivity index (χ3n) is 6.57. The molecule has 0 bridgehead atoms. The maximum Gasteiger partial charge on any atom is 0.259 e. The summed E-state index contributed by atoms with van der Waals surface area (Å²) in [6.07, 6.45) is 5.20. The molecule has 174 valence electrons. The van der Waals surface area contributed by atoms with Gasteiger partial charge in [-0.2, -0.15) is 0 Å². The highest BCUT2D eigenvalue weighted by Crippen LogP contribution is 2.31. The van der Waals surface area contributed by atoms with Crippen LogP contribution in [0.1, 0.15) is 37.7 Å². The van der Waals surface area contributed by atoms with Crippen molar-refractivity contribution in [2.24, 2.45) is 0 Å². The molecule has 1 aromatic carbocycles. The number of anilines is 2. The number of aromatic amines is 2. The van der Waals surface area contributed by atoms with E-state index < -0.39 is 0 Å². The second-order valence-electron chi connectivity index (χ2n) is 8.92. The minimum absolute atomic E-state index is 0.198. The fraction of sp³-hybridized carbons (Fsp3) is 0.296. The number of fused-ring (bicyclic) bond motifs is 1. The van der Waals surface area contributed by atoms with Crippen molar-refractivity contribution in [2.45, 2.75) is 32.1 Å². The van der Waals surface area contributed by atoms with Crippen LogP contribution in [0.15, 0.2) is 70.4 Å². The highest BCUT2D eigenvalue weighted by molar-refractivity contribution is 5.94. The van der Waals surface area contributed by atoms with Crippen molar-refractivity contribution >= 4 is 22.3 Å². The Bertz CT molecular complexity index is 1400. The first-order chi connectivity index (χ1) is 16.6. The Labute approximate surface area is 197 Å². The minimum Gasteiger partial charge on any atom is -0.340 e. The first-order valence-corrected chi connectivity index (χ1v) is 11.9. The number of pyridine rings is 3. The van der Waals surface area contributed by atoms with E-state index in [1.165, 1.54) is 37.4 Å². The molecule has 0 saturated carbocycles. The lowest BCUT2D eigenvalue weighted by Gasteiger charge is -2.32. The lowest BCUT2D eigenvalue weighted by molar-refractivity contribution is 0.213. The number of rotatable bonds is 6. The van der Waals surface area contributed by atoms with E-state index in [1.54, 1.807) is 18.3 Å². The van der Waals surface area contributed by atoms with E-state index in [4.69, 9.17) is 4.98 Å². The Balaban J connectivity index is 1.43. The summed E-state index contributed by atoms with van der Waals surface area (Å²) in [6, 6.07) is 17.1. The minimum atomic E-state index is -0.212. The van der Waals surface area contributed by atoms with E-state index in [1.807, 2.05) is 12.1 Å². The Kier molecular flexibility index (Phi) is 6.27. The normalized spacial score (nSPS) is 15.0. The third-order valence-corrected chi connectivity index (χ3v) is 6.57. The second-order valence-corrected chi connectivity index (χ2v) is 8.92. The van der Waals surface area contributed by atoms with Gasteiger partial charge in [0.05, 0.1) is 16.8 Å². The monoisotopic (exact) mass is 455 g/mol. The van der Waals surface area contributed by atoms with Crippen molar-refractivity contribution in [3.63, 3.8) is 0 Å². The van der Waals surface area contributed by atoms with Gasteiger partial charge in [0.2, 0.25) is 5.56 Å². The largest absolute Gasteiger partial charge is 0.340 e. The molecule has 4 aromatic rings. The Morgan fingerprint density at radius 1 is 1.06 bits per heavy atom. The first kappa shape index (κ1) is 22.1. The van der Waals surface area contributed by atoms with Crippen LogP contribution in [0, 0.1) is 0 Å². The van der Waals surface area contributed by atoms with E-state index in [0.29, 0.717) is 28.5 Å². The number of aromatic nitrogens is 3. The average molecular weight is 456 g/mol. The summed E-state index contributed by atoms with van der Waals surface area (Å²) in [7, 11) is 0. The van der Waals surface area contributed by atoms with Crippen LogP contribution >= 0.6 is 0 Å². The van der Waals surface area contributed by atoms with Crippen molar-refractivity contribution in [1.29, 1.82) is 0 Å². The predicted octanol–water partition coefficient (Wildman–Crippen LogP) is 4.61. The quantitative estimate of drug-likeness (QED) is 0.395. The van der Waals surface area contributed by atoms with Crippen molar-refractivity contribution in [1.82, 2.24) is 19.9 Å². The maximum absolute atomic E-state index is 12.6. The third kappa shape index (κ3) is 4.65. The van der Waals surface area contributed by atoms with Gasteiger partial charge in [-0.15, -0.1) is 0 Å². The second kappa shape index (κ2) is 9.65. The Morgan fingerprint density at radius 2 is 1.85 bits per heavy atom. The molecule has 1 saturated heterocycles. The highest BCUT2D eigenvalue weighted by atomic mass is 16.1. The summed E-state index contributed by atoms with van der Waals surface area (Å²) in [5.41, 5.74) is 3.00. The standard InChI is InChI=1S/C27H29N5O2/c1-2-14-32-15-11-19(12-16-32)18-6-8-21(9-7-18)29-26-25-20(10-13-28-27(25)34)17-23(31-26)22-4-3-5-24(33)30-22/h3-10,13,17,19H,2,11-12,14-16H2,1H3,(H,28,34)(H,29,31)(H,30,33). The molecule has 0 unspecified atom stereocenters. The average Bonchev–Trinajstić information content (AvgIpc) is 2.85. The molecular weight excluding hydrogens is 426 g/mol. The highest BCUT2D eigenvalue weighted by Gasteiger charge is 2.20. The first-order valence-electron chi connectivity index (χ1n) is 11.9. The molecule has 1 fully saturated rings. The van der Waals surface area contributed by atoms with Gasteiger partial charge in [-0.05, 0) is 86.1 Å². The van der Waals surface area contributed by atoms with Crippen LogP contribution in [0.2, 0.25) is 0 Å². The summed E-state index contributed by atoms with van der Waals surface area (Å²) < 4.78 is 0. The smallest absolute Gasteiger partial charge is 0.259 e. The number of nitrogens with one attached hydrogen (secondary N) is 3. The number of hydrogen-bond donors (Lipinski definition) is 3. The predicted molar refractivity (Wildman–Crippen MR) is 137 cm³/mol. The Hall–Kier alpha value is -3.71. The summed E-state index contributed by atoms with van der Waals surface area (Å²) in [5.74, 6) is 1.04. The zero-order chi connectivity index (χ0) is 23.5. The molecule has 3 aromatic heterocycles. The van der Waals surface area contributed by atoms with Gasteiger partial charge in [-0.25, -0.2) is 4.98 Å².